The lowest BCUT2D eigenvalue weighted by molar-refractivity contribution is 0.0760. The fourth-order valence-corrected chi connectivity index (χ4v) is 3.59. The quantitative estimate of drug-likeness (QED) is 0.767. The Hall–Kier alpha value is -0.260. The number of carbonyl (C=O) groups excluding carboxylic acids is 1. The molecule has 2 heterocycles. The molecule has 6 heteroatoms. The fourth-order valence-electron chi connectivity index (χ4n) is 1.89. The van der Waals surface area contributed by atoms with Gasteiger partial charge in [-0.3, -0.25) is 4.79 Å². The first kappa shape index (κ1) is 14.2. The van der Waals surface area contributed by atoms with Crippen LogP contribution >= 0.6 is 39.3 Å². The highest BCUT2D eigenvalue weighted by molar-refractivity contribution is 9.10. The summed E-state index contributed by atoms with van der Waals surface area (Å²) in [5.74, 6) is 0.969. The molecule has 1 atom stereocenters. The topological polar surface area (TPSA) is 33.2 Å². The molecule has 1 aromatic heterocycles. The highest BCUT2D eigenvalue weighted by atomic mass is 79.9. The van der Waals surface area contributed by atoms with E-state index in [1.165, 1.54) is 0 Å². The van der Waals surface area contributed by atoms with Crippen molar-refractivity contribution >= 4 is 45.2 Å². The minimum absolute atomic E-state index is 0.0208. The number of nitrogens with zero attached hydrogens (tertiary/aromatic N) is 2. The second kappa shape index (κ2) is 6.26. The second-order valence-corrected chi connectivity index (χ2v) is 6.83. The number of halogens is 2. The van der Waals surface area contributed by atoms with E-state index in [1.807, 2.05) is 16.7 Å². The summed E-state index contributed by atoms with van der Waals surface area (Å²) in [6.45, 7) is 3.73. The summed E-state index contributed by atoms with van der Waals surface area (Å²) < 4.78 is 0.772. The zero-order valence-corrected chi connectivity index (χ0v) is 13.2. The molecule has 0 aliphatic carbocycles. The molecule has 0 spiro atoms. The van der Waals surface area contributed by atoms with E-state index >= 15 is 0 Å². The molecule has 0 bridgehead atoms. The Morgan fingerprint density at radius 2 is 2.50 bits per heavy atom. The third kappa shape index (κ3) is 3.19. The molecular weight excluding hydrogens is 336 g/mol. The molecule has 1 aliphatic rings. The van der Waals surface area contributed by atoms with E-state index < -0.39 is 0 Å². The number of thioether (sulfide) groups is 1. The Labute approximate surface area is 124 Å². The van der Waals surface area contributed by atoms with Crippen LogP contribution in [0.2, 0.25) is 5.15 Å². The molecule has 0 saturated carbocycles. The van der Waals surface area contributed by atoms with Gasteiger partial charge in [-0.2, -0.15) is 11.8 Å². The monoisotopic (exact) mass is 348 g/mol. The van der Waals surface area contributed by atoms with Gasteiger partial charge >= 0.3 is 0 Å². The summed E-state index contributed by atoms with van der Waals surface area (Å²) in [5, 5.41) is 0.802. The first-order valence-corrected chi connectivity index (χ1v) is 8.05. The highest BCUT2D eigenvalue weighted by Crippen LogP contribution is 2.25. The highest BCUT2D eigenvalue weighted by Gasteiger charge is 2.25. The van der Waals surface area contributed by atoms with Gasteiger partial charge < -0.3 is 4.90 Å². The number of aromatic nitrogens is 1. The van der Waals surface area contributed by atoms with Gasteiger partial charge in [-0.05, 0) is 28.4 Å². The molecule has 0 N–H and O–H groups in total. The maximum Gasteiger partial charge on any atom is 0.257 e. The van der Waals surface area contributed by atoms with Crippen LogP contribution in [0.15, 0.2) is 16.7 Å². The van der Waals surface area contributed by atoms with Crippen LogP contribution in [0.1, 0.15) is 23.7 Å². The number of amides is 1. The minimum atomic E-state index is -0.0208. The average molecular weight is 350 g/mol. The first-order chi connectivity index (χ1) is 8.61. The predicted octanol–water partition coefficient (Wildman–Crippen LogP) is 3.47. The van der Waals surface area contributed by atoms with Crippen LogP contribution in [0.4, 0.5) is 0 Å². The first-order valence-electron chi connectivity index (χ1n) is 5.83. The van der Waals surface area contributed by atoms with E-state index in [1.54, 1.807) is 12.3 Å². The van der Waals surface area contributed by atoms with Crippen LogP contribution in [0.5, 0.6) is 0 Å². The Morgan fingerprint density at radius 3 is 3.22 bits per heavy atom. The Bertz CT molecular complexity index is 458. The van der Waals surface area contributed by atoms with Crippen molar-refractivity contribution in [1.29, 1.82) is 0 Å². The van der Waals surface area contributed by atoms with Gasteiger partial charge in [-0.25, -0.2) is 4.98 Å². The van der Waals surface area contributed by atoms with Crippen LogP contribution in [0.25, 0.3) is 0 Å². The van der Waals surface area contributed by atoms with Gasteiger partial charge in [0, 0.05) is 34.8 Å². The van der Waals surface area contributed by atoms with Crippen molar-refractivity contribution in [2.45, 2.75) is 18.6 Å². The molecule has 18 heavy (non-hydrogen) atoms. The van der Waals surface area contributed by atoms with Gasteiger partial charge in [0.15, 0.2) is 0 Å². The summed E-state index contributed by atoms with van der Waals surface area (Å²) in [5.41, 5.74) is 0.479. The molecule has 3 nitrogen and oxygen atoms in total. The Balaban J connectivity index is 2.17. The smallest absolute Gasteiger partial charge is 0.257 e. The molecule has 0 aromatic carbocycles. The zero-order chi connectivity index (χ0) is 13.1. The molecular formula is C12H14BrClN2OS. The van der Waals surface area contributed by atoms with Gasteiger partial charge in [0.1, 0.15) is 5.15 Å². The zero-order valence-electron chi connectivity index (χ0n) is 10.0. The standard InChI is InChI=1S/C12H14BrClN2OS/c1-2-9-7-16(3-4-18-9)12(17)10-5-8(13)6-15-11(10)14/h5-6,9H,2-4,7H2,1H3. The third-order valence-corrected chi connectivity index (χ3v) is 5.02. The van der Waals surface area contributed by atoms with Crippen LogP contribution in [0, 0.1) is 0 Å². The lowest BCUT2D eigenvalue weighted by atomic mass is 10.2. The van der Waals surface area contributed by atoms with Crippen molar-refractivity contribution in [1.82, 2.24) is 9.88 Å². The van der Waals surface area contributed by atoms with Gasteiger partial charge in [-0.1, -0.05) is 18.5 Å². The molecule has 1 amide bonds. The largest absolute Gasteiger partial charge is 0.337 e. The van der Waals surface area contributed by atoms with Crippen molar-refractivity contribution < 1.29 is 4.79 Å². The van der Waals surface area contributed by atoms with Gasteiger partial charge in [-0.15, -0.1) is 0 Å². The summed E-state index contributed by atoms with van der Waals surface area (Å²) in [4.78, 5) is 18.3. The van der Waals surface area contributed by atoms with Gasteiger partial charge in [0.2, 0.25) is 0 Å². The average Bonchev–Trinajstić information content (AvgIpc) is 2.41. The van der Waals surface area contributed by atoms with Gasteiger partial charge in [0.05, 0.1) is 5.56 Å². The van der Waals surface area contributed by atoms with E-state index in [2.05, 4.69) is 27.8 Å². The van der Waals surface area contributed by atoms with E-state index in [-0.39, 0.29) is 11.1 Å². The molecule has 2 rings (SSSR count). The number of carbonyl (C=O) groups is 1. The molecule has 1 saturated heterocycles. The summed E-state index contributed by atoms with van der Waals surface area (Å²) in [7, 11) is 0. The summed E-state index contributed by atoms with van der Waals surface area (Å²) in [6, 6.07) is 1.74. The Kier molecular flexibility index (Phi) is 4.92. The molecule has 1 unspecified atom stereocenters. The SMILES string of the molecule is CCC1CN(C(=O)c2cc(Br)cnc2Cl)CCS1. The lowest BCUT2D eigenvalue weighted by Crippen LogP contribution is -2.41. The van der Waals surface area contributed by atoms with E-state index in [9.17, 15) is 4.79 Å². The lowest BCUT2D eigenvalue weighted by Gasteiger charge is -2.32. The van der Waals surface area contributed by atoms with Crippen molar-refractivity contribution in [3.8, 4) is 0 Å². The summed E-state index contributed by atoms with van der Waals surface area (Å²) in [6.07, 6.45) is 2.68. The normalized spacial score (nSPS) is 19.9. The molecule has 1 aromatic rings. The Morgan fingerprint density at radius 1 is 1.72 bits per heavy atom. The predicted molar refractivity (Wildman–Crippen MR) is 79.4 cm³/mol. The number of rotatable bonds is 2. The van der Waals surface area contributed by atoms with Crippen LogP contribution in [0.3, 0.4) is 0 Å². The molecule has 1 fully saturated rings. The summed E-state index contributed by atoms with van der Waals surface area (Å²) >= 11 is 11.2. The van der Waals surface area contributed by atoms with Crippen LogP contribution < -0.4 is 0 Å². The molecule has 98 valence electrons. The third-order valence-electron chi connectivity index (χ3n) is 2.92. The minimum Gasteiger partial charge on any atom is -0.337 e. The van der Waals surface area contributed by atoms with Crippen molar-refractivity contribution in [3.63, 3.8) is 0 Å². The number of hydrogen-bond donors (Lipinski definition) is 0. The van der Waals surface area contributed by atoms with Crippen molar-refractivity contribution in [2.75, 3.05) is 18.8 Å². The van der Waals surface area contributed by atoms with E-state index in [0.29, 0.717) is 10.8 Å². The van der Waals surface area contributed by atoms with Crippen molar-refractivity contribution in [3.05, 3.63) is 27.5 Å². The maximum absolute atomic E-state index is 12.4. The maximum atomic E-state index is 12.4. The van der Waals surface area contributed by atoms with E-state index in [0.717, 1.165) is 29.7 Å². The second-order valence-electron chi connectivity index (χ2n) is 4.14. The molecule has 1 aliphatic heterocycles. The number of hydrogen-bond acceptors (Lipinski definition) is 3. The van der Waals surface area contributed by atoms with E-state index in [4.69, 9.17) is 11.6 Å². The van der Waals surface area contributed by atoms with Crippen molar-refractivity contribution in [2.24, 2.45) is 0 Å². The number of pyridine rings is 1. The van der Waals surface area contributed by atoms with Crippen LogP contribution in [-0.4, -0.2) is 39.9 Å². The van der Waals surface area contributed by atoms with Crippen LogP contribution in [-0.2, 0) is 0 Å². The molecule has 0 radical (unpaired) electrons. The fraction of sp³-hybridized carbons (Fsp3) is 0.500. The van der Waals surface area contributed by atoms with Gasteiger partial charge in [0.25, 0.3) is 5.91 Å².